The molecule has 2 rings (SSSR count). The lowest BCUT2D eigenvalue weighted by Crippen LogP contribution is -2.35. The van der Waals surface area contributed by atoms with Crippen molar-refractivity contribution in [3.63, 3.8) is 0 Å². The third-order valence-electron chi connectivity index (χ3n) is 2.81. The van der Waals surface area contributed by atoms with Gasteiger partial charge in [0.2, 0.25) is 5.51 Å². The van der Waals surface area contributed by atoms with Crippen LogP contribution in [0.5, 0.6) is 0 Å². The Hall–Kier alpha value is -1.24. The zero-order valence-electron chi connectivity index (χ0n) is 10.0. The van der Waals surface area contributed by atoms with Crippen LogP contribution in [0.25, 0.3) is 0 Å². The molecule has 3 N–H and O–H groups in total. The molecule has 0 unspecified atom stereocenters. The summed E-state index contributed by atoms with van der Waals surface area (Å²) >= 11 is 3.00. The fourth-order valence-corrected chi connectivity index (χ4v) is 3.56. The summed E-state index contributed by atoms with van der Waals surface area (Å²) < 4.78 is 2.09. The van der Waals surface area contributed by atoms with Crippen LogP contribution in [-0.4, -0.2) is 17.6 Å². The molecule has 18 heavy (non-hydrogen) atoms. The highest BCUT2D eigenvalue weighted by Gasteiger charge is 2.18. The molecule has 0 saturated heterocycles. The van der Waals surface area contributed by atoms with Crippen molar-refractivity contribution >= 4 is 28.6 Å². The Morgan fingerprint density at radius 2 is 2.28 bits per heavy atom. The number of carbonyl (C=O) groups excluding carboxylic acids is 1. The van der Waals surface area contributed by atoms with Crippen molar-refractivity contribution in [1.82, 2.24) is 0 Å². The lowest BCUT2D eigenvalue weighted by molar-refractivity contribution is -0.689. The van der Waals surface area contributed by atoms with Crippen molar-refractivity contribution in [1.29, 1.82) is 0 Å². The molecule has 0 bridgehead atoms. The highest BCUT2D eigenvalue weighted by molar-refractivity contribution is 7.12. The van der Waals surface area contributed by atoms with E-state index in [2.05, 4.69) is 4.57 Å². The normalized spacial score (nSPS) is 10.8. The summed E-state index contributed by atoms with van der Waals surface area (Å²) in [7, 11) is 0. The molecule has 0 atom stereocenters. The average Bonchev–Trinajstić information content (AvgIpc) is 2.91. The Morgan fingerprint density at radius 1 is 1.50 bits per heavy atom. The summed E-state index contributed by atoms with van der Waals surface area (Å²) in [5.74, 6) is -0.371. The fraction of sp³-hybridized carbons (Fsp3) is 0.333. The zero-order valence-corrected chi connectivity index (χ0v) is 11.7. The number of hydrogen-bond acceptors (Lipinski definition) is 4. The molecule has 6 heteroatoms. The second-order valence-electron chi connectivity index (χ2n) is 3.97. The molecule has 1 amide bonds. The first-order valence-electron chi connectivity index (χ1n) is 5.57. The van der Waals surface area contributed by atoms with Gasteiger partial charge in [0.15, 0.2) is 12.2 Å². The summed E-state index contributed by atoms with van der Waals surface area (Å²) in [6.45, 7) is 2.83. The van der Waals surface area contributed by atoms with E-state index >= 15 is 0 Å². The Bertz CT molecular complexity index is 560. The molecule has 0 aliphatic rings. The van der Waals surface area contributed by atoms with Gasteiger partial charge in [-0.25, -0.2) is 0 Å². The molecule has 0 radical (unpaired) electrons. The standard InChI is InChI=1S/C12H14N2O2S2/c1-8-10(2-4-15)18-7-14(8)6-9-3-5-17-11(9)12(13)16/h3,5,7,15H,2,4,6H2,1H3,(H-,13,16)/p+1. The lowest BCUT2D eigenvalue weighted by atomic mass is 10.2. The van der Waals surface area contributed by atoms with Crippen LogP contribution in [-0.2, 0) is 13.0 Å². The number of amides is 1. The van der Waals surface area contributed by atoms with Crippen LogP contribution in [0.1, 0.15) is 25.8 Å². The van der Waals surface area contributed by atoms with Crippen LogP contribution < -0.4 is 10.3 Å². The predicted octanol–water partition coefficient (Wildman–Crippen LogP) is 1.09. The number of nitrogens with two attached hydrogens (primary N) is 1. The SMILES string of the molecule is Cc1c(CCO)sc[n+]1Cc1ccsc1C(N)=O. The van der Waals surface area contributed by atoms with Crippen LogP contribution in [0.15, 0.2) is 17.0 Å². The third kappa shape index (κ3) is 2.60. The van der Waals surface area contributed by atoms with Gasteiger partial charge in [-0.05, 0) is 11.4 Å². The summed E-state index contributed by atoms with van der Waals surface area (Å²) in [5, 5.41) is 10.8. The number of aromatic nitrogens is 1. The number of thiazole rings is 1. The number of aliphatic hydroxyl groups is 1. The zero-order chi connectivity index (χ0) is 13.1. The molecule has 4 nitrogen and oxygen atoms in total. The molecule has 0 saturated carbocycles. The Kier molecular flexibility index (Phi) is 4.11. The van der Waals surface area contributed by atoms with Gasteiger partial charge in [-0.15, -0.1) is 11.3 Å². The van der Waals surface area contributed by atoms with Crippen LogP contribution in [0.3, 0.4) is 0 Å². The van der Waals surface area contributed by atoms with E-state index in [1.54, 1.807) is 11.3 Å². The maximum atomic E-state index is 11.3. The summed E-state index contributed by atoms with van der Waals surface area (Å²) in [4.78, 5) is 13.1. The van der Waals surface area contributed by atoms with Crippen molar-refractivity contribution in [2.24, 2.45) is 5.73 Å². The van der Waals surface area contributed by atoms with Gasteiger partial charge in [0.25, 0.3) is 5.91 Å². The summed E-state index contributed by atoms with van der Waals surface area (Å²) in [5.41, 5.74) is 9.44. The Morgan fingerprint density at radius 3 is 2.94 bits per heavy atom. The first-order chi connectivity index (χ1) is 8.63. The second kappa shape index (κ2) is 5.60. The monoisotopic (exact) mass is 283 g/mol. The molecule has 96 valence electrons. The molecule has 2 aromatic heterocycles. The van der Waals surface area contributed by atoms with Crippen LogP contribution in [0.2, 0.25) is 0 Å². The van der Waals surface area contributed by atoms with Gasteiger partial charge in [-0.1, -0.05) is 11.3 Å². The van der Waals surface area contributed by atoms with E-state index in [9.17, 15) is 4.79 Å². The van der Waals surface area contributed by atoms with Crippen molar-refractivity contribution < 1.29 is 14.5 Å². The molecule has 0 spiro atoms. The van der Waals surface area contributed by atoms with E-state index in [1.165, 1.54) is 16.2 Å². The Labute approximate surface area is 113 Å². The smallest absolute Gasteiger partial charge is 0.259 e. The Balaban J connectivity index is 2.23. The van der Waals surface area contributed by atoms with Crippen molar-refractivity contribution in [3.8, 4) is 0 Å². The van der Waals surface area contributed by atoms with Crippen molar-refractivity contribution in [2.75, 3.05) is 6.61 Å². The number of primary amides is 1. The molecule has 2 aromatic rings. The van der Waals surface area contributed by atoms with E-state index < -0.39 is 0 Å². The van der Waals surface area contributed by atoms with Gasteiger partial charge in [0.05, 0.1) is 4.88 Å². The van der Waals surface area contributed by atoms with Gasteiger partial charge in [-0.2, -0.15) is 4.57 Å². The first-order valence-corrected chi connectivity index (χ1v) is 7.33. The van der Waals surface area contributed by atoms with Crippen LogP contribution >= 0.6 is 22.7 Å². The van der Waals surface area contributed by atoms with E-state index in [-0.39, 0.29) is 12.5 Å². The quantitative estimate of drug-likeness (QED) is 0.807. The molecule has 0 fully saturated rings. The molecular formula is C12H15N2O2S2+. The van der Waals surface area contributed by atoms with Crippen molar-refractivity contribution in [3.05, 3.63) is 38.0 Å². The average molecular weight is 283 g/mol. The molecular weight excluding hydrogens is 268 g/mol. The highest BCUT2D eigenvalue weighted by Crippen LogP contribution is 2.17. The van der Waals surface area contributed by atoms with Crippen molar-refractivity contribution in [2.45, 2.75) is 19.9 Å². The second-order valence-corrected chi connectivity index (χ2v) is 5.83. The largest absolute Gasteiger partial charge is 0.396 e. The van der Waals surface area contributed by atoms with Crippen LogP contribution in [0.4, 0.5) is 0 Å². The van der Waals surface area contributed by atoms with Gasteiger partial charge in [-0.3, -0.25) is 4.79 Å². The highest BCUT2D eigenvalue weighted by atomic mass is 32.1. The van der Waals surface area contributed by atoms with Gasteiger partial charge < -0.3 is 10.8 Å². The molecule has 0 aromatic carbocycles. The van der Waals surface area contributed by atoms with E-state index in [0.717, 1.165) is 11.3 Å². The van der Waals surface area contributed by atoms with E-state index in [1.807, 2.05) is 23.9 Å². The third-order valence-corrected chi connectivity index (χ3v) is 4.92. The minimum Gasteiger partial charge on any atom is -0.396 e. The molecule has 2 heterocycles. The van der Waals surface area contributed by atoms with E-state index in [0.29, 0.717) is 17.8 Å². The minimum atomic E-state index is -0.371. The topological polar surface area (TPSA) is 67.2 Å². The number of nitrogens with zero attached hydrogens (tertiary/aromatic N) is 1. The maximum absolute atomic E-state index is 11.3. The van der Waals surface area contributed by atoms with E-state index in [4.69, 9.17) is 10.8 Å². The fourth-order valence-electron chi connectivity index (χ4n) is 1.81. The minimum absolute atomic E-state index is 0.159. The van der Waals surface area contributed by atoms with Gasteiger partial charge >= 0.3 is 0 Å². The van der Waals surface area contributed by atoms with Gasteiger partial charge in [0, 0.05) is 25.5 Å². The number of aliphatic hydroxyl groups excluding tert-OH is 1. The predicted molar refractivity (Wildman–Crippen MR) is 72.0 cm³/mol. The number of rotatable bonds is 5. The summed E-state index contributed by atoms with van der Waals surface area (Å²) in [6, 6.07) is 1.93. The number of thiophene rings is 1. The number of carbonyl (C=O) groups is 1. The van der Waals surface area contributed by atoms with Gasteiger partial charge in [0.1, 0.15) is 4.88 Å². The lowest BCUT2D eigenvalue weighted by Gasteiger charge is -1.97. The maximum Gasteiger partial charge on any atom is 0.259 e. The number of hydrogen-bond donors (Lipinski definition) is 2. The first kappa shape index (κ1) is 13.2. The molecule has 0 aliphatic heterocycles. The van der Waals surface area contributed by atoms with Crippen LogP contribution in [0, 0.1) is 6.92 Å². The summed E-state index contributed by atoms with van der Waals surface area (Å²) in [6.07, 6.45) is 0.676. The molecule has 0 aliphatic carbocycles.